The summed E-state index contributed by atoms with van der Waals surface area (Å²) in [5, 5.41) is 30.2. The number of fused-ring (bicyclic) bond motifs is 1. The zero-order valence-corrected chi connectivity index (χ0v) is 14.6. The number of rotatable bonds is 5. The van der Waals surface area contributed by atoms with E-state index < -0.39 is 17.5 Å². The molecule has 6 heteroatoms. The standard InChI is InChI=1S/C21H16N2O4/c1-12-6-7-16(15-5-3-2-4-14(12)15)17-10-13(11-22)21(27)20(23-17)18(24)8-9-19(25)26/h2-7,10,27H,8-9H2,1H3,(H,25,26). The average Bonchev–Trinajstić information content (AvgIpc) is 2.67. The van der Waals surface area contributed by atoms with Gasteiger partial charge in [0.25, 0.3) is 0 Å². The highest BCUT2D eigenvalue weighted by Gasteiger charge is 2.20. The van der Waals surface area contributed by atoms with Crippen molar-refractivity contribution in [3.63, 3.8) is 0 Å². The van der Waals surface area contributed by atoms with Gasteiger partial charge in [-0.1, -0.05) is 36.4 Å². The van der Waals surface area contributed by atoms with Crippen LogP contribution in [0.2, 0.25) is 0 Å². The third-order valence-corrected chi connectivity index (χ3v) is 4.36. The number of ketones is 1. The van der Waals surface area contributed by atoms with Gasteiger partial charge in [-0.25, -0.2) is 4.98 Å². The van der Waals surface area contributed by atoms with Crippen LogP contribution in [0.15, 0.2) is 42.5 Å². The molecule has 0 fully saturated rings. The highest BCUT2D eigenvalue weighted by atomic mass is 16.4. The van der Waals surface area contributed by atoms with Gasteiger partial charge in [-0.15, -0.1) is 0 Å². The molecule has 0 aliphatic carbocycles. The molecule has 3 aromatic rings. The van der Waals surface area contributed by atoms with Crippen LogP contribution >= 0.6 is 0 Å². The monoisotopic (exact) mass is 360 g/mol. The third kappa shape index (κ3) is 3.48. The van der Waals surface area contributed by atoms with Gasteiger partial charge in [-0.05, 0) is 29.3 Å². The normalized spacial score (nSPS) is 10.5. The summed E-state index contributed by atoms with van der Waals surface area (Å²) in [6.45, 7) is 1.98. The summed E-state index contributed by atoms with van der Waals surface area (Å²) < 4.78 is 0. The second-order valence-corrected chi connectivity index (χ2v) is 6.16. The van der Waals surface area contributed by atoms with Crippen molar-refractivity contribution in [1.29, 1.82) is 5.26 Å². The maximum Gasteiger partial charge on any atom is 0.303 e. The smallest absolute Gasteiger partial charge is 0.303 e. The van der Waals surface area contributed by atoms with Crippen molar-refractivity contribution >= 4 is 22.5 Å². The fourth-order valence-corrected chi connectivity index (χ4v) is 2.97. The summed E-state index contributed by atoms with van der Waals surface area (Å²) in [4.78, 5) is 27.3. The van der Waals surface area contributed by atoms with Crippen LogP contribution in [0.3, 0.4) is 0 Å². The minimum absolute atomic E-state index is 0.0802. The van der Waals surface area contributed by atoms with Crippen LogP contribution in [0.25, 0.3) is 22.0 Å². The van der Waals surface area contributed by atoms with Gasteiger partial charge in [0.1, 0.15) is 11.8 Å². The summed E-state index contributed by atoms with van der Waals surface area (Å²) in [6, 6.07) is 14.8. The van der Waals surface area contributed by atoms with Crippen molar-refractivity contribution in [1.82, 2.24) is 4.98 Å². The molecule has 0 saturated carbocycles. The lowest BCUT2D eigenvalue weighted by Gasteiger charge is -2.11. The maximum absolute atomic E-state index is 12.3. The number of nitrogens with zero attached hydrogens (tertiary/aromatic N) is 2. The second kappa shape index (κ2) is 7.26. The Hall–Kier alpha value is -3.72. The number of carboxylic acids is 1. The first-order valence-corrected chi connectivity index (χ1v) is 8.30. The van der Waals surface area contributed by atoms with Gasteiger partial charge >= 0.3 is 5.97 Å². The minimum Gasteiger partial charge on any atom is -0.504 e. The van der Waals surface area contributed by atoms with E-state index >= 15 is 0 Å². The number of carbonyl (C=O) groups is 2. The Bertz CT molecular complexity index is 1110. The van der Waals surface area contributed by atoms with E-state index in [9.17, 15) is 20.0 Å². The maximum atomic E-state index is 12.3. The van der Waals surface area contributed by atoms with E-state index in [4.69, 9.17) is 5.11 Å². The molecule has 0 atom stereocenters. The highest BCUT2D eigenvalue weighted by molar-refractivity contribution is 6.01. The van der Waals surface area contributed by atoms with E-state index in [1.54, 1.807) is 0 Å². The Kier molecular flexibility index (Phi) is 4.86. The highest BCUT2D eigenvalue weighted by Crippen LogP contribution is 2.33. The SMILES string of the molecule is Cc1ccc(-c2cc(C#N)c(O)c(C(=O)CCC(=O)O)n2)c2ccccc12. The van der Waals surface area contributed by atoms with Crippen molar-refractivity contribution < 1.29 is 19.8 Å². The summed E-state index contributed by atoms with van der Waals surface area (Å²) in [7, 11) is 0. The van der Waals surface area contributed by atoms with E-state index in [1.165, 1.54) is 6.07 Å². The van der Waals surface area contributed by atoms with Crippen molar-refractivity contribution in [2.45, 2.75) is 19.8 Å². The number of benzene rings is 2. The van der Waals surface area contributed by atoms with Crippen LogP contribution < -0.4 is 0 Å². The summed E-state index contributed by atoms with van der Waals surface area (Å²) in [5.41, 5.74) is 1.81. The summed E-state index contributed by atoms with van der Waals surface area (Å²) in [5.74, 6) is -2.26. The lowest BCUT2D eigenvalue weighted by molar-refractivity contribution is -0.136. The van der Waals surface area contributed by atoms with Crippen LogP contribution in [-0.4, -0.2) is 26.9 Å². The van der Waals surface area contributed by atoms with Crippen LogP contribution in [0.4, 0.5) is 0 Å². The van der Waals surface area contributed by atoms with Gasteiger partial charge in [0.15, 0.2) is 11.5 Å². The van der Waals surface area contributed by atoms with Crippen molar-refractivity contribution in [3.8, 4) is 23.1 Å². The lowest BCUT2D eigenvalue weighted by Crippen LogP contribution is -2.08. The topological polar surface area (TPSA) is 111 Å². The number of hydrogen-bond acceptors (Lipinski definition) is 5. The predicted octanol–water partition coefficient (Wildman–Crippen LogP) is 3.84. The van der Waals surface area contributed by atoms with E-state index in [1.807, 2.05) is 49.4 Å². The van der Waals surface area contributed by atoms with Crippen molar-refractivity contribution in [2.75, 3.05) is 0 Å². The Labute approximate surface area is 155 Å². The number of pyridine rings is 1. The summed E-state index contributed by atoms with van der Waals surface area (Å²) >= 11 is 0. The van der Waals surface area contributed by atoms with E-state index in [0.29, 0.717) is 5.69 Å². The molecule has 0 radical (unpaired) electrons. The fourth-order valence-electron chi connectivity index (χ4n) is 2.97. The van der Waals surface area contributed by atoms with Crippen LogP contribution in [0.5, 0.6) is 5.75 Å². The third-order valence-electron chi connectivity index (χ3n) is 4.36. The second-order valence-electron chi connectivity index (χ2n) is 6.16. The van der Waals surface area contributed by atoms with Crippen molar-refractivity contribution in [2.24, 2.45) is 0 Å². The number of aliphatic carboxylic acids is 1. The molecule has 6 nitrogen and oxygen atoms in total. The number of nitriles is 1. The molecule has 3 rings (SSSR count). The first-order chi connectivity index (χ1) is 12.9. The van der Waals surface area contributed by atoms with Crippen LogP contribution in [0.1, 0.15) is 34.5 Å². The molecule has 0 aliphatic heterocycles. The molecule has 0 bridgehead atoms. The molecular formula is C21H16N2O4. The predicted molar refractivity (Wildman–Crippen MR) is 99.5 cm³/mol. The molecule has 27 heavy (non-hydrogen) atoms. The molecule has 0 unspecified atom stereocenters. The molecule has 1 heterocycles. The minimum atomic E-state index is -1.12. The first kappa shape index (κ1) is 18.1. The zero-order chi connectivity index (χ0) is 19.6. The van der Waals surface area contributed by atoms with Crippen molar-refractivity contribution in [3.05, 3.63) is 59.3 Å². The van der Waals surface area contributed by atoms with Crippen LogP contribution in [-0.2, 0) is 4.79 Å². The Balaban J connectivity index is 2.19. The average molecular weight is 360 g/mol. The summed E-state index contributed by atoms with van der Waals surface area (Å²) in [6.07, 6.45) is -0.682. The molecule has 2 N–H and O–H groups in total. The number of aromatic hydroxyl groups is 1. The van der Waals surface area contributed by atoms with Gasteiger partial charge < -0.3 is 10.2 Å². The molecule has 134 valence electrons. The molecule has 2 aromatic carbocycles. The molecule has 0 spiro atoms. The Morgan fingerprint density at radius 1 is 1.11 bits per heavy atom. The molecule has 0 amide bonds. The van der Waals surface area contributed by atoms with E-state index in [0.717, 1.165) is 21.9 Å². The Morgan fingerprint density at radius 2 is 1.81 bits per heavy atom. The van der Waals surface area contributed by atoms with Gasteiger partial charge in [0, 0.05) is 12.0 Å². The number of carboxylic acid groups (broad SMARTS) is 1. The van der Waals surface area contributed by atoms with Gasteiger partial charge in [0.2, 0.25) is 0 Å². The number of hydrogen-bond donors (Lipinski definition) is 2. The zero-order valence-electron chi connectivity index (χ0n) is 14.6. The fraction of sp³-hybridized carbons (Fsp3) is 0.143. The molecule has 0 saturated heterocycles. The number of Topliss-reactive ketones (excluding diaryl/α,β-unsaturated/α-hetero) is 1. The van der Waals surface area contributed by atoms with Gasteiger partial charge in [-0.3, -0.25) is 9.59 Å². The lowest BCUT2D eigenvalue weighted by atomic mass is 9.97. The number of carbonyl (C=O) groups excluding carboxylic acids is 1. The quantitative estimate of drug-likeness (QED) is 0.669. The molecular weight excluding hydrogens is 344 g/mol. The van der Waals surface area contributed by atoms with Crippen LogP contribution in [0, 0.1) is 18.3 Å². The number of aromatic nitrogens is 1. The van der Waals surface area contributed by atoms with Gasteiger partial charge in [0.05, 0.1) is 17.7 Å². The van der Waals surface area contributed by atoms with E-state index in [2.05, 4.69) is 4.98 Å². The van der Waals surface area contributed by atoms with Gasteiger partial charge in [-0.2, -0.15) is 5.26 Å². The molecule has 1 aromatic heterocycles. The molecule has 0 aliphatic rings. The Morgan fingerprint density at radius 3 is 2.48 bits per heavy atom. The number of aryl methyl sites for hydroxylation is 1. The van der Waals surface area contributed by atoms with E-state index in [-0.39, 0.29) is 24.1 Å². The largest absolute Gasteiger partial charge is 0.504 e. The first-order valence-electron chi connectivity index (χ1n) is 8.30.